The fourth-order valence-corrected chi connectivity index (χ4v) is 2.37. The van der Waals surface area contributed by atoms with Gasteiger partial charge in [0.25, 0.3) is 5.91 Å². The molecule has 0 aromatic heterocycles. The number of carbonyl (C=O) groups is 2. The molecule has 0 aliphatic carbocycles. The highest BCUT2D eigenvalue weighted by molar-refractivity contribution is 6.07. The molecule has 1 amide bonds. The predicted molar refractivity (Wildman–Crippen MR) is 105 cm³/mol. The van der Waals surface area contributed by atoms with Crippen molar-refractivity contribution < 1.29 is 14.3 Å². The molecule has 26 heavy (non-hydrogen) atoms. The van der Waals surface area contributed by atoms with Gasteiger partial charge in [-0.15, -0.1) is 0 Å². The van der Waals surface area contributed by atoms with Crippen LogP contribution in [0.25, 0.3) is 6.08 Å². The number of ether oxygens (including phenoxy) is 1. The average molecular weight is 351 g/mol. The Morgan fingerprint density at radius 1 is 1.00 bits per heavy atom. The average Bonchev–Trinajstić information content (AvgIpc) is 2.66. The molecule has 0 atom stereocenters. The summed E-state index contributed by atoms with van der Waals surface area (Å²) in [4.78, 5) is 25.8. The molecule has 2 aromatic carbocycles. The number of benzene rings is 2. The van der Waals surface area contributed by atoms with Crippen molar-refractivity contribution >= 4 is 17.8 Å². The van der Waals surface area contributed by atoms with Gasteiger partial charge in [0.1, 0.15) is 5.75 Å². The lowest BCUT2D eigenvalue weighted by atomic mass is 10.1. The number of rotatable bonds is 8. The van der Waals surface area contributed by atoms with E-state index in [0.29, 0.717) is 17.7 Å². The van der Waals surface area contributed by atoms with Crippen LogP contribution in [0.2, 0.25) is 0 Å². The van der Waals surface area contributed by atoms with E-state index >= 15 is 0 Å². The highest BCUT2D eigenvalue weighted by Gasteiger charge is 2.09. The maximum atomic E-state index is 12.4. The van der Waals surface area contributed by atoms with E-state index in [1.54, 1.807) is 44.4 Å². The van der Waals surface area contributed by atoms with Gasteiger partial charge in [0.15, 0.2) is 5.78 Å². The first-order chi connectivity index (χ1) is 12.5. The molecule has 4 nitrogen and oxygen atoms in total. The Labute approximate surface area is 155 Å². The Morgan fingerprint density at radius 3 is 2.31 bits per heavy atom. The number of nitrogens with zero attached hydrogens (tertiary/aromatic N) is 1. The summed E-state index contributed by atoms with van der Waals surface area (Å²) in [6.07, 6.45) is 5.37. The van der Waals surface area contributed by atoms with Crippen LogP contribution in [0.1, 0.15) is 46.0 Å². The lowest BCUT2D eigenvalue weighted by Crippen LogP contribution is -2.21. The van der Waals surface area contributed by atoms with Crippen molar-refractivity contribution in [2.24, 2.45) is 0 Å². The van der Waals surface area contributed by atoms with Crippen LogP contribution in [0.3, 0.4) is 0 Å². The first-order valence-corrected chi connectivity index (χ1v) is 8.79. The van der Waals surface area contributed by atoms with E-state index in [2.05, 4.69) is 6.92 Å². The van der Waals surface area contributed by atoms with Gasteiger partial charge in [0.05, 0.1) is 6.61 Å². The van der Waals surface area contributed by atoms with Crippen molar-refractivity contribution in [2.75, 3.05) is 20.7 Å². The molecule has 0 radical (unpaired) electrons. The number of hydrogen-bond acceptors (Lipinski definition) is 3. The molecule has 136 valence electrons. The molecular formula is C22H25NO3. The highest BCUT2D eigenvalue weighted by Crippen LogP contribution is 2.20. The molecule has 0 spiro atoms. The second kappa shape index (κ2) is 9.56. The summed E-state index contributed by atoms with van der Waals surface area (Å²) < 4.78 is 5.78. The summed E-state index contributed by atoms with van der Waals surface area (Å²) in [6, 6.07) is 14.3. The Morgan fingerprint density at radius 2 is 1.65 bits per heavy atom. The molecule has 0 saturated heterocycles. The van der Waals surface area contributed by atoms with E-state index in [1.165, 1.54) is 11.0 Å². The van der Waals surface area contributed by atoms with Crippen molar-refractivity contribution in [1.29, 1.82) is 0 Å². The van der Waals surface area contributed by atoms with Crippen LogP contribution in [-0.4, -0.2) is 37.3 Å². The Hall–Kier alpha value is -2.88. The normalized spacial score (nSPS) is 10.7. The third kappa shape index (κ3) is 5.31. The lowest BCUT2D eigenvalue weighted by molar-refractivity contribution is 0.0827. The molecule has 0 heterocycles. The van der Waals surface area contributed by atoms with Crippen LogP contribution in [0.5, 0.6) is 5.75 Å². The van der Waals surface area contributed by atoms with E-state index < -0.39 is 0 Å². The van der Waals surface area contributed by atoms with Gasteiger partial charge in [0.2, 0.25) is 0 Å². The maximum absolute atomic E-state index is 12.4. The van der Waals surface area contributed by atoms with Crippen LogP contribution in [0, 0.1) is 0 Å². The standard InChI is InChI=1S/C22H25NO3/c1-4-5-16-26-21-9-7-6-8-18(21)14-15-20(24)17-10-12-19(13-11-17)22(25)23(2)3/h6-15H,4-5,16H2,1-3H3. The number of amides is 1. The Balaban J connectivity index is 2.09. The molecule has 2 rings (SSSR count). The summed E-state index contributed by atoms with van der Waals surface area (Å²) in [5.74, 6) is 0.576. The fraction of sp³-hybridized carbons (Fsp3) is 0.273. The minimum Gasteiger partial charge on any atom is -0.493 e. The molecule has 0 aliphatic heterocycles. The number of ketones is 1. The summed E-state index contributed by atoms with van der Waals surface area (Å²) in [5.41, 5.74) is 1.97. The van der Waals surface area contributed by atoms with Gasteiger partial charge in [-0.2, -0.15) is 0 Å². The highest BCUT2D eigenvalue weighted by atomic mass is 16.5. The Bertz CT molecular complexity index is 776. The zero-order chi connectivity index (χ0) is 18.9. The second-order valence-corrected chi connectivity index (χ2v) is 6.21. The van der Waals surface area contributed by atoms with E-state index in [9.17, 15) is 9.59 Å². The van der Waals surface area contributed by atoms with E-state index in [4.69, 9.17) is 4.74 Å². The lowest BCUT2D eigenvalue weighted by Gasteiger charge is -2.10. The summed E-state index contributed by atoms with van der Waals surface area (Å²) in [7, 11) is 3.40. The minimum atomic E-state index is -0.114. The fourth-order valence-electron chi connectivity index (χ4n) is 2.37. The van der Waals surface area contributed by atoms with Gasteiger partial charge in [-0.25, -0.2) is 0 Å². The third-order valence-corrected chi connectivity index (χ3v) is 3.91. The number of hydrogen-bond donors (Lipinski definition) is 0. The van der Waals surface area contributed by atoms with Crippen LogP contribution >= 0.6 is 0 Å². The molecule has 0 saturated carbocycles. The number of para-hydroxylation sites is 1. The van der Waals surface area contributed by atoms with Crippen molar-refractivity contribution in [3.63, 3.8) is 0 Å². The quantitative estimate of drug-likeness (QED) is 0.401. The van der Waals surface area contributed by atoms with Crippen LogP contribution in [0.15, 0.2) is 54.6 Å². The van der Waals surface area contributed by atoms with Gasteiger partial charge in [-0.05, 0) is 36.8 Å². The van der Waals surface area contributed by atoms with Crippen molar-refractivity contribution in [3.8, 4) is 5.75 Å². The van der Waals surface area contributed by atoms with Crippen molar-refractivity contribution in [3.05, 3.63) is 71.3 Å². The number of unbranched alkanes of at least 4 members (excludes halogenated alkanes) is 1. The van der Waals surface area contributed by atoms with Crippen LogP contribution < -0.4 is 4.74 Å². The number of allylic oxidation sites excluding steroid dienone is 1. The van der Waals surface area contributed by atoms with Crippen molar-refractivity contribution in [1.82, 2.24) is 4.90 Å². The zero-order valence-electron chi connectivity index (χ0n) is 15.6. The topological polar surface area (TPSA) is 46.6 Å². The van der Waals surface area contributed by atoms with Gasteiger partial charge in [-0.1, -0.05) is 43.7 Å². The molecule has 0 fully saturated rings. The number of carbonyl (C=O) groups excluding carboxylic acids is 2. The largest absolute Gasteiger partial charge is 0.493 e. The zero-order valence-corrected chi connectivity index (χ0v) is 15.6. The third-order valence-electron chi connectivity index (χ3n) is 3.91. The summed E-state index contributed by atoms with van der Waals surface area (Å²) in [5, 5.41) is 0. The van der Waals surface area contributed by atoms with Gasteiger partial charge >= 0.3 is 0 Å². The van der Waals surface area contributed by atoms with Gasteiger partial charge in [0, 0.05) is 30.8 Å². The first kappa shape index (κ1) is 19.4. The predicted octanol–water partition coefficient (Wildman–Crippen LogP) is 4.46. The molecule has 2 aromatic rings. The van der Waals surface area contributed by atoms with E-state index in [0.717, 1.165) is 24.2 Å². The SMILES string of the molecule is CCCCOc1ccccc1C=CC(=O)c1ccc(C(=O)N(C)C)cc1. The molecular weight excluding hydrogens is 326 g/mol. The minimum absolute atomic E-state index is 0.0855. The monoisotopic (exact) mass is 351 g/mol. The van der Waals surface area contributed by atoms with Crippen molar-refractivity contribution in [2.45, 2.75) is 19.8 Å². The summed E-state index contributed by atoms with van der Waals surface area (Å²) in [6.45, 7) is 2.78. The molecule has 0 aliphatic rings. The van der Waals surface area contributed by atoms with E-state index in [1.807, 2.05) is 24.3 Å². The van der Waals surface area contributed by atoms with Gasteiger partial charge < -0.3 is 9.64 Å². The maximum Gasteiger partial charge on any atom is 0.253 e. The molecule has 0 unspecified atom stereocenters. The van der Waals surface area contributed by atoms with Crippen LogP contribution in [-0.2, 0) is 0 Å². The molecule has 0 bridgehead atoms. The summed E-state index contributed by atoms with van der Waals surface area (Å²) >= 11 is 0. The smallest absolute Gasteiger partial charge is 0.253 e. The van der Waals surface area contributed by atoms with Crippen LogP contribution in [0.4, 0.5) is 0 Å². The first-order valence-electron chi connectivity index (χ1n) is 8.79. The van der Waals surface area contributed by atoms with E-state index in [-0.39, 0.29) is 11.7 Å². The molecule has 0 N–H and O–H groups in total. The van der Waals surface area contributed by atoms with Gasteiger partial charge in [-0.3, -0.25) is 9.59 Å². The second-order valence-electron chi connectivity index (χ2n) is 6.21. The molecule has 4 heteroatoms. The Kier molecular flexibility index (Phi) is 7.15.